The average Bonchev–Trinajstić information content (AvgIpc) is 2.87. The summed E-state index contributed by atoms with van der Waals surface area (Å²) in [5.74, 6) is 0. The summed E-state index contributed by atoms with van der Waals surface area (Å²) in [5.41, 5.74) is 3.49. The Morgan fingerprint density at radius 3 is 2.50 bits per heavy atom. The van der Waals surface area contributed by atoms with Crippen LogP contribution >= 0.6 is 11.3 Å². The fourth-order valence-electron chi connectivity index (χ4n) is 2.24. The number of aliphatic hydroxyl groups is 1. The summed E-state index contributed by atoms with van der Waals surface area (Å²) in [4.78, 5) is 5.76. The van der Waals surface area contributed by atoms with E-state index in [1.165, 1.54) is 24.8 Å². The smallest absolute Gasteiger partial charge is 0.123 e. The number of benzene rings is 1. The fourth-order valence-corrected chi connectivity index (χ4v) is 3.21. The van der Waals surface area contributed by atoms with Gasteiger partial charge in [-0.25, -0.2) is 4.98 Å². The first-order valence-electron chi connectivity index (χ1n) is 7.41. The van der Waals surface area contributed by atoms with Crippen LogP contribution in [0.4, 0.5) is 0 Å². The molecule has 0 aliphatic rings. The second-order valence-corrected chi connectivity index (χ2v) is 6.31. The molecule has 0 atom stereocenters. The number of nitrogens with zero attached hydrogens (tertiary/aromatic N) is 1. The van der Waals surface area contributed by atoms with Gasteiger partial charge in [0.05, 0.1) is 17.2 Å². The molecular weight excluding hydrogens is 266 g/mol. The first-order chi connectivity index (χ1) is 9.74. The molecule has 1 N–H and O–H groups in total. The highest BCUT2D eigenvalue weighted by Gasteiger charge is 2.11. The molecule has 0 aliphatic heterocycles. The van der Waals surface area contributed by atoms with Gasteiger partial charge in [0.1, 0.15) is 5.01 Å². The van der Waals surface area contributed by atoms with Crippen molar-refractivity contribution in [3.05, 3.63) is 40.4 Å². The van der Waals surface area contributed by atoms with Crippen LogP contribution in [0.25, 0.3) is 10.6 Å². The molecule has 0 amide bonds. The van der Waals surface area contributed by atoms with Gasteiger partial charge in [0.25, 0.3) is 0 Å². The highest BCUT2D eigenvalue weighted by molar-refractivity contribution is 7.15. The van der Waals surface area contributed by atoms with Gasteiger partial charge in [-0.3, -0.25) is 0 Å². The van der Waals surface area contributed by atoms with Crippen molar-refractivity contribution in [3.8, 4) is 10.6 Å². The molecule has 0 unspecified atom stereocenters. The number of aromatic nitrogens is 1. The molecule has 0 spiro atoms. The summed E-state index contributed by atoms with van der Waals surface area (Å²) in [5, 5.41) is 10.5. The van der Waals surface area contributed by atoms with Crippen molar-refractivity contribution in [1.29, 1.82) is 0 Å². The second kappa shape index (κ2) is 7.55. The van der Waals surface area contributed by atoms with Gasteiger partial charge in [0, 0.05) is 5.56 Å². The first-order valence-corrected chi connectivity index (χ1v) is 8.22. The zero-order valence-electron chi connectivity index (χ0n) is 12.4. The minimum Gasteiger partial charge on any atom is -0.391 e. The fraction of sp³-hybridized carbons (Fsp3) is 0.471. The number of aryl methyl sites for hydroxylation is 2. The molecule has 2 rings (SSSR count). The molecule has 2 aromatic rings. The molecule has 20 heavy (non-hydrogen) atoms. The molecule has 3 heteroatoms. The minimum absolute atomic E-state index is 0.104. The van der Waals surface area contributed by atoms with Crippen LogP contribution in [0.2, 0.25) is 0 Å². The van der Waals surface area contributed by atoms with Crippen LogP contribution in [0.3, 0.4) is 0 Å². The second-order valence-electron chi connectivity index (χ2n) is 5.22. The molecule has 0 bridgehead atoms. The van der Waals surface area contributed by atoms with Gasteiger partial charge in [0.2, 0.25) is 0 Å². The third-order valence-electron chi connectivity index (χ3n) is 3.49. The minimum atomic E-state index is 0.104. The Labute approximate surface area is 125 Å². The van der Waals surface area contributed by atoms with E-state index in [1.54, 1.807) is 11.3 Å². The van der Waals surface area contributed by atoms with Crippen molar-refractivity contribution >= 4 is 11.3 Å². The summed E-state index contributed by atoms with van der Waals surface area (Å²) < 4.78 is 0. The zero-order valence-corrected chi connectivity index (χ0v) is 13.2. The average molecular weight is 289 g/mol. The van der Waals surface area contributed by atoms with E-state index in [4.69, 9.17) is 4.98 Å². The van der Waals surface area contributed by atoms with Gasteiger partial charge < -0.3 is 5.11 Å². The Kier molecular flexibility index (Phi) is 5.74. The van der Waals surface area contributed by atoms with Crippen molar-refractivity contribution in [2.45, 2.75) is 52.6 Å². The van der Waals surface area contributed by atoms with Crippen molar-refractivity contribution in [2.75, 3.05) is 0 Å². The summed E-state index contributed by atoms with van der Waals surface area (Å²) in [6.07, 6.45) is 5.93. The molecule has 1 aromatic heterocycles. The Hall–Kier alpha value is -1.19. The highest BCUT2D eigenvalue weighted by atomic mass is 32.1. The van der Waals surface area contributed by atoms with Crippen LogP contribution in [0, 0.1) is 6.92 Å². The molecule has 2 nitrogen and oxygen atoms in total. The standard InChI is InChI=1S/C17H23NOS/c1-3-4-5-6-7-15-16(12-19)20-17(18-15)14-10-8-13(2)9-11-14/h8-11,19H,3-7,12H2,1-2H3. The van der Waals surface area contributed by atoms with Crippen molar-refractivity contribution < 1.29 is 5.11 Å². The lowest BCUT2D eigenvalue weighted by Gasteiger charge is -1.99. The van der Waals surface area contributed by atoms with E-state index >= 15 is 0 Å². The SMILES string of the molecule is CCCCCCc1nc(-c2ccc(C)cc2)sc1CO. The lowest BCUT2D eigenvalue weighted by molar-refractivity contribution is 0.284. The van der Waals surface area contributed by atoms with E-state index in [-0.39, 0.29) is 6.61 Å². The van der Waals surface area contributed by atoms with Crippen LogP contribution in [0.15, 0.2) is 24.3 Å². The predicted octanol–water partition coefficient (Wildman–Crippen LogP) is 4.73. The molecular formula is C17H23NOS. The molecule has 0 radical (unpaired) electrons. The number of rotatable bonds is 7. The van der Waals surface area contributed by atoms with E-state index in [9.17, 15) is 5.11 Å². The maximum atomic E-state index is 9.50. The van der Waals surface area contributed by atoms with E-state index in [1.807, 2.05) is 0 Å². The third-order valence-corrected chi connectivity index (χ3v) is 4.62. The Bertz CT molecular complexity index is 530. The largest absolute Gasteiger partial charge is 0.391 e. The lowest BCUT2D eigenvalue weighted by atomic mass is 10.1. The van der Waals surface area contributed by atoms with Gasteiger partial charge in [0.15, 0.2) is 0 Å². The van der Waals surface area contributed by atoms with E-state index in [0.717, 1.165) is 34.0 Å². The van der Waals surface area contributed by atoms with Crippen molar-refractivity contribution in [1.82, 2.24) is 4.98 Å². The molecule has 1 aromatic carbocycles. The molecule has 1 heterocycles. The van der Waals surface area contributed by atoms with E-state index in [2.05, 4.69) is 38.1 Å². The Balaban J connectivity index is 2.11. The highest BCUT2D eigenvalue weighted by Crippen LogP contribution is 2.29. The monoisotopic (exact) mass is 289 g/mol. The summed E-state index contributed by atoms with van der Waals surface area (Å²) >= 11 is 1.62. The molecule has 0 saturated carbocycles. The van der Waals surface area contributed by atoms with E-state index in [0.29, 0.717) is 0 Å². The van der Waals surface area contributed by atoms with Gasteiger partial charge in [-0.15, -0.1) is 11.3 Å². The predicted molar refractivity (Wildman–Crippen MR) is 86.1 cm³/mol. The lowest BCUT2D eigenvalue weighted by Crippen LogP contribution is -1.92. The van der Waals surface area contributed by atoms with Gasteiger partial charge in [-0.1, -0.05) is 56.0 Å². The van der Waals surface area contributed by atoms with Crippen LogP contribution in [0.5, 0.6) is 0 Å². The molecule has 0 aliphatic carbocycles. The Morgan fingerprint density at radius 2 is 1.85 bits per heavy atom. The quantitative estimate of drug-likeness (QED) is 0.747. The van der Waals surface area contributed by atoms with Crippen LogP contribution in [0.1, 0.15) is 48.7 Å². The molecule has 0 saturated heterocycles. The summed E-state index contributed by atoms with van der Waals surface area (Å²) in [6, 6.07) is 8.43. The molecule has 0 fully saturated rings. The topological polar surface area (TPSA) is 33.1 Å². The van der Waals surface area contributed by atoms with E-state index < -0.39 is 0 Å². The number of hydrogen-bond acceptors (Lipinski definition) is 3. The van der Waals surface area contributed by atoms with Crippen molar-refractivity contribution in [3.63, 3.8) is 0 Å². The number of unbranched alkanes of at least 4 members (excludes halogenated alkanes) is 3. The number of hydrogen-bond donors (Lipinski definition) is 1. The normalized spacial score (nSPS) is 10.9. The Morgan fingerprint density at radius 1 is 1.10 bits per heavy atom. The summed E-state index contributed by atoms with van der Waals surface area (Å²) in [7, 11) is 0. The third kappa shape index (κ3) is 3.90. The van der Waals surface area contributed by atoms with Crippen LogP contribution in [-0.2, 0) is 13.0 Å². The van der Waals surface area contributed by atoms with Gasteiger partial charge in [-0.05, 0) is 19.8 Å². The number of thiazole rings is 1. The van der Waals surface area contributed by atoms with Gasteiger partial charge >= 0.3 is 0 Å². The van der Waals surface area contributed by atoms with Crippen LogP contribution in [-0.4, -0.2) is 10.1 Å². The van der Waals surface area contributed by atoms with Crippen molar-refractivity contribution in [2.24, 2.45) is 0 Å². The zero-order chi connectivity index (χ0) is 14.4. The van der Waals surface area contributed by atoms with Gasteiger partial charge in [-0.2, -0.15) is 0 Å². The first kappa shape index (κ1) is 15.2. The summed E-state index contributed by atoms with van der Waals surface area (Å²) in [6.45, 7) is 4.41. The maximum Gasteiger partial charge on any atom is 0.123 e. The maximum absolute atomic E-state index is 9.50. The number of aliphatic hydroxyl groups excluding tert-OH is 1. The van der Waals surface area contributed by atoms with Crippen LogP contribution < -0.4 is 0 Å². The molecule has 108 valence electrons.